The van der Waals surface area contributed by atoms with Crippen molar-refractivity contribution in [2.24, 2.45) is 10.7 Å². The van der Waals surface area contributed by atoms with Crippen LogP contribution in [0.5, 0.6) is 0 Å². The van der Waals surface area contributed by atoms with Crippen LogP contribution in [0.15, 0.2) is 64.4 Å². The van der Waals surface area contributed by atoms with Crippen LogP contribution >= 0.6 is 0 Å². The lowest BCUT2D eigenvalue weighted by Gasteiger charge is -2.14. The van der Waals surface area contributed by atoms with Gasteiger partial charge in [0.2, 0.25) is 0 Å². The summed E-state index contributed by atoms with van der Waals surface area (Å²) in [5.74, 6) is 0. The lowest BCUT2D eigenvalue weighted by Crippen LogP contribution is -2.14. The molecule has 0 amide bonds. The van der Waals surface area contributed by atoms with Crippen LogP contribution in [0, 0.1) is 0 Å². The minimum absolute atomic E-state index is 0.535. The quantitative estimate of drug-likeness (QED) is 0.592. The van der Waals surface area contributed by atoms with E-state index in [0.717, 1.165) is 18.6 Å². The third-order valence-corrected chi connectivity index (χ3v) is 3.08. The Bertz CT molecular complexity index is 471. The second-order valence-corrected chi connectivity index (χ2v) is 4.30. The topological polar surface area (TPSA) is 38.4 Å². The number of aliphatic imine (C=N–C) groups is 1. The van der Waals surface area contributed by atoms with Gasteiger partial charge in [0.05, 0.1) is 11.4 Å². The molecule has 0 saturated carbocycles. The molecule has 0 saturated heterocycles. The molecular weight excluding hydrogens is 220 g/mol. The Balaban J connectivity index is 3.20. The minimum Gasteiger partial charge on any atom is -0.397 e. The van der Waals surface area contributed by atoms with Crippen LogP contribution < -0.4 is 5.73 Å². The molecule has 0 spiro atoms. The lowest BCUT2D eigenvalue weighted by atomic mass is 9.94. The smallest absolute Gasteiger partial charge is 0.0831 e. The normalized spacial score (nSPS) is 17.1. The molecule has 2 heteroatoms. The highest BCUT2D eigenvalue weighted by Gasteiger charge is 2.14. The van der Waals surface area contributed by atoms with E-state index in [1.807, 2.05) is 6.92 Å². The molecule has 0 radical (unpaired) electrons. The van der Waals surface area contributed by atoms with Crippen LogP contribution in [-0.2, 0) is 0 Å². The SMILES string of the molecule is C=C(N)C(=NC)C1=C(C)C(C/C=C\C)=CC=CC1. The molecule has 0 unspecified atom stereocenters. The van der Waals surface area contributed by atoms with Gasteiger partial charge < -0.3 is 5.73 Å². The number of hydrogen-bond donors (Lipinski definition) is 1. The molecule has 0 heterocycles. The molecule has 2 N–H and O–H groups in total. The van der Waals surface area contributed by atoms with Gasteiger partial charge in [-0.2, -0.15) is 0 Å². The summed E-state index contributed by atoms with van der Waals surface area (Å²) in [6.07, 6.45) is 12.4. The predicted octanol–water partition coefficient (Wildman–Crippen LogP) is 3.70. The number of nitrogens with zero attached hydrogens (tertiary/aromatic N) is 1. The maximum absolute atomic E-state index is 5.82. The molecule has 0 aliphatic heterocycles. The van der Waals surface area contributed by atoms with Crippen molar-refractivity contribution in [3.05, 3.63) is 59.4 Å². The first-order valence-corrected chi connectivity index (χ1v) is 6.20. The van der Waals surface area contributed by atoms with Crippen LogP contribution in [-0.4, -0.2) is 12.8 Å². The van der Waals surface area contributed by atoms with Crippen molar-refractivity contribution < 1.29 is 0 Å². The summed E-state index contributed by atoms with van der Waals surface area (Å²) in [4.78, 5) is 4.27. The molecule has 2 nitrogen and oxygen atoms in total. The zero-order valence-electron chi connectivity index (χ0n) is 11.5. The largest absolute Gasteiger partial charge is 0.397 e. The van der Waals surface area contributed by atoms with Crippen molar-refractivity contribution in [2.75, 3.05) is 7.05 Å². The average molecular weight is 242 g/mol. The van der Waals surface area contributed by atoms with E-state index in [9.17, 15) is 0 Å². The van der Waals surface area contributed by atoms with Gasteiger partial charge in [-0.3, -0.25) is 4.99 Å². The maximum Gasteiger partial charge on any atom is 0.0831 e. The Kier molecular flexibility index (Phi) is 5.37. The number of hydrogen-bond acceptors (Lipinski definition) is 2. The lowest BCUT2D eigenvalue weighted by molar-refractivity contribution is 1.16. The second kappa shape index (κ2) is 6.80. The van der Waals surface area contributed by atoms with Crippen LogP contribution in [0.3, 0.4) is 0 Å². The Morgan fingerprint density at radius 2 is 2.28 bits per heavy atom. The Morgan fingerprint density at radius 3 is 2.83 bits per heavy atom. The van der Waals surface area contributed by atoms with E-state index < -0.39 is 0 Å². The van der Waals surface area contributed by atoms with Crippen molar-refractivity contribution in [3.8, 4) is 0 Å². The van der Waals surface area contributed by atoms with Gasteiger partial charge >= 0.3 is 0 Å². The molecule has 96 valence electrons. The predicted molar refractivity (Wildman–Crippen MR) is 80.7 cm³/mol. The molecule has 18 heavy (non-hydrogen) atoms. The summed E-state index contributed by atoms with van der Waals surface area (Å²) in [5, 5.41) is 0. The standard InChI is InChI=1S/C16H22N2/c1-5-6-9-14-10-7-8-11-15(12(14)2)16(18-4)13(3)17/h5-8,10H,3,9,11,17H2,1-2,4H3/b6-5-,18-16?. The molecule has 0 fully saturated rings. The summed E-state index contributed by atoms with van der Waals surface area (Å²) in [6, 6.07) is 0. The molecule has 0 aromatic carbocycles. The van der Waals surface area contributed by atoms with Gasteiger partial charge in [0.1, 0.15) is 0 Å². The highest BCUT2D eigenvalue weighted by Crippen LogP contribution is 2.25. The van der Waals surface area contributed by atoms with Gasteiger partial charge in [0.15, 0.2) is 0 Å². The fourth-order valence-corrected chi connectivity index (χ4v) is 2.05. The van der Waals surface area contributed by atoms with Gasteiger partial charge in [-0.15, -0.1) is 0 Å². The van der Waals surface area contributed by atoms with Gasteiger partial charge in [-0.05, 0) is 43.4 Å². The van der Waals surface area contributed by atoms with E-state index in [-0.39, 0.29) is 0 Å². The van der Waals surface area contributed by atoms with E-state index in [1.54, 1.807) is 7.05 Å². The first-order valence-electron chi connectivity index (χ1n) is 6.20. The summed E-state index contributed by atoms with van der Waals surface area (Å²) >= 11 is 0. The van der Waals surface area contributed by atoms with Crippen molar-refractivity contribution in [1.82, 2.24) is 0 Å². The zero-order chi connectivity index (χ0) is 13.5. The second-order valence-electron chi connectivity index (χ2n) is 4.30. The molecule has 0 bridgehead atoms. The fourth-order valence-electron chi connectivity index (χ4n) is 2.05. The van der Waals surface area contributed by atoms with Crippen molar-refractivity contribution >= 4 is 5.71 Å². The highest BCUT2D eigenvalue weighted by atomic mass is 14.7. The highest BCUT2D eigenvalue weighted by molar-refractivity contribution is 6.12. The summed E-state index contributed by atoms with van der Waals surface area (Å²) < 4.78 is 0. The molecule has 0 atom stereocenters. The summed E-state index contributed by atoms with van der Waals surface area (Å²) in [6.45, 7) is 7.98. The third kappa shape index (κ3) is 3.33. The van der Waals surface area contributed by atoms with Gasteiger partial charge in [-0.1, -0.05) is 37.0 Å². The van der Waals surface area contributed by atoms with E-state index in [0.29, 0.717) is 5.70 Å². The van der Waals surface area contributed by atoms with Gasteiger partial charge in [0.25, 0.3) is 0 Å². The maximum atomic E-state index is 5.82. The third-order valence-electron chi connectivity index (χ3n) is 3.08. The van der Waals surface area contributed by atoms with Crippen LogP contribution in [0.1, 0.15) is 26.7 Å². The monoisotopic (exact) mass is 242 g/mol. The summed E-state index contributed by atoms with van der Waals surface area (Å²) in [7, 11) is 1.76. The molecular formula is C16H22N2. The van der Waals surface area contributed by atoms with Crippen LogP contribution in [0.25, 0.3) is 0 Å². The van der Waals surface area contributed by atoms with Crippen molar-refractivity contribution in [2.45, 2.75) is 26.7 Å². The fraction of sp³-hybridized carbons (Fsp3) is 0.312. The number of rotatable bonds is 4. The first-order chi connectivity index (χ1) is 8.61. The van der Waals surface area contributed by atoms with Gasteiger partial charge in [-0.25, -0.2) is 0 Å². The number of allylic oxidation sites excluding steroid dienone is 8. The zero-order valence-corrected chi connectivity index (χ0v) is 11.5. The van der Waals surface area contributed by atoms with Crippen LogP contribution in [0.2, 0.25) is 0 Å². The molecule has 1 aliphatic carbocycles. The van der Waals surface area contributed by atoms with E-state index in [2.05, 4.69) is 48.9 Å². The minimum atomic E-state index is 0.535. The summed E-state index contributed by atoms with van der Waals surface area (Å²) in [5.41, 5.74) is 10.9. The van der Waals surface area contributed by atoms with Crippen molar-refractivity contribution in [1.29, 1.82) is 0 Å². The molecule has 0 aromatic heterocycles. The Morgan fingerprint density at radius 1 is 1.56 bits per heavy atom. The Hall–Kier alpha value is -1.83. The van der Waals surface area contributed by atoms with Crippen LogP contribution in [0.4, 0.5) is 0 Å². The van der Waals surface area contributed by atoms with E-state index in [4.69, 9.17) is 5.73 Å². The molecule has 0 aromatic rings. The van der Waals surface area contributed by atoms with E-state index >= 15 is 0 Å². The molecule has 1 aliphatic rings. The Labute approximate surface area is 110 Å². The molecule has 1 rings (SSSR count). The van der Waals surface area contributed by atoms with Gasteiger partial charge in [0, 0.05) is 7.05 Å². The van der Waals surface area contributed by atoms with E-state index in [1.165, 1.54) is 16.7 Å². The number of nitrogens with two attached hydrogens (primary N) is 1. The van der Waals surface area contributed by atoms with Crippen molar-refractivity contribution in [3.63, 3.8) is 0 Å². The first kappa shape index (κ1) is 14.2. The average Bonchev–Trinajstić information content (AvgIpc) is 2.51.